The fourth-order valence-corrected chi connectivity index (χ4v) is 3.87. The van der Waals surface area contributed by atoms with E-state index in [1.54, 1.807) is 14.2 Å². The molecule has 7 nitrogen and oxygen atoms in total. The third-order valence-electron chi connectivity index (χ3n) is 5.22. The molecule has 0 spiro atoms. The van der Waals surface area contributed by atoms with Crippen molar-refractivity contribution < 1.29 is 9.47 Å². The van der Waals surface area contributed by atoms with E-state index in [1.165, 1.54) is 25.7 Å². The minimum absolute atomic E-state index is 0.354. The Labute approximate surface area is 153 Å². The summed E-state index contributed by atoms with van der Waals surface area (Å²) in [5, 5.41) is 18.3. The lowest BCUT2D eigenvalue weighted by atomic mass is 9.90. The summed E-state index contributed by atoms with van der Waals surface area (Å²) >= 11 is 0. The molecule has 0 aromatic rings. The van der Waals surface area contributed by atoms with Crippen molar-refractivity contribution in [2.24, 2.45) is 0 Å². The van der Waals surface area contributed by atoms with E-state index in [2.05, 4.69) is 26.6 Å². The molecular weight excluding hydrogens is 318 g/mol. The summed E-state index contributed by atoms with van der Waals surface area (Å²) in [6.07, 6.45) is 5.19. The first-order chi connectivity index (χ1) is 12.3. The molecule has 7 heteroatoms. The lowest BCUT2D eigenvalue weighted by Gasteiger charge is -2.34. The van der Waals surface area contributed by atoms with E-state index >= 15 is 0 Å². The van der Waals surface area contributed by atoms with Crippen molar-refractivity contribution in [3.8, 4) is 0 Å². The molecule has 4 unspecified atom stereocenters. The lowest BCUT2D eigenvalue weighted by Crippen LogP contribution is -2.54. The van der Waals surface area contributed by atoms with E-state index in [-0.39, 0.29) is 0 Å². The van der Waals surface area contributed by atoms with Gasteiger partial charge in [-0.1, -0.05) is 12.8 Å². The van der Waals surface area contributed by atoms with Crippen LogP contribution >= 0.6 is 0 Å². The number of ether oxygens (including phenoxy) is 2. The zero-order valence-electron chi connectivity index (χ0n) is 16.1. The zero-order valence-corrected chi connectivity index (χ0v) is 16.1. The van der Waals surface area contributed by atoms with Crippen molar-refractivity contribution in [1.29, 1.82) is 0 Å². The van der Waals surface area contributed by atoms with Gasteiger partial charge in [-0.05, 0) is 12.8 Å². The summed E-state index contributed by atoms with van der Waals surface area (Å²) in [4.78, 5) is 0. The fourth-order valence-electron chi connectivity index (χ4n) is 3.87. The second kappa shape index (κ2) is 13.0. The van der Waals surface area contributed by atoms with Crippen LogP contribution < -0.4 is 26.6 Å². The molecule has 25 heavy (non-hydrogen) atoms. The van der Waals surface area contributed by atoms with Crippen LogP contribution in [0.5, 0.6) is 0 Å². The van der Waals surface area contributed by atoms with Gasteiger partial charge in [0.25, 0.3) is 0 Å². The number of hydrogen-bond donors (Lipinski definition) is 5. The van der Waals surface area contributed by atoms with Gasteiger partial charge in [-0.2, -0.15) is 0 Å². The van der Waals surface area contributed by atoms with E-state index in [4.69, 9.17) is 9.47 Å². The van der Waals surface area contributed by atoms with Gasteiger partial charge in [0.2, 0.25) is 0 Å². The third-order valence-corrected chi connectivity index (χ3v) is 5.22. The minimum atomic E-state index is 0.354. The SMILES string of the molecule is COCC1CNCCNC(COC)CNC2CCCCC2NCCN1. The number of methoxy groups -OCH3 is 2. The van der Waals surface area contributed by atoms with Crippen LogP contribution in [0.1, 0.15) is 25.7 Å². The van der Waals surface area contributed by atoms with Crippen LogP contribution in [0.3, 0.4) is 0 Å². The zero-order chi connectivity index (χ0) is 17.7. The second-order valence-electron chi connectivity index (χ2n) is 7.28. The summed E-state index contributed by atoms with van der Waals surface area (Å²) in [5.74, 6) is 0. The average Bonchev–Trinajstić information content (AvgIpc) is 2.63. The monoisotopic (exact) mass is 357 g/mol. The van der Waals surface area contributed by atoms with Gasteiger partial charge in [-0.3, -0.25) is 0 Å². The summed E-state index contributed by atoms with van der Waals surface area (Å²) < 4.78 is 10.7. The highest BCUT2D eigenvalue weighted by Crippen LogP contribution is 2.18. The molecule has 2 fully saturated rings. The van der Waals surface area contributed by atoms with Crippen molar-refractivity contribution in [3.05, 3.63) is 0 Å². The van der Waals surface area contributed by atoms with Crippen LogP contribution in [0.4, 0.5) is 0 Å². The predicted octanol–water partition coefficient (Wildman–Crippen LogP) is -0.711. The molecule has 2 rings (SSSR count). The van der Waals surface area contributed by atoms with Gasteiger partial charge < -0.3 is 36.1 Å². The smallest absolute Gasteiger partial charge is 0.0628 e. The Bertz CT molecular complexity index is 335. The quantitative estimate of drug-likeness (QED) is 0.455. The van der Waals surface area contributed by atoms with Crippen LogP contribution in [0.15, 0.2) is 0 Å². The molecule has 1 aliphatic heterocycles. The van der Waals surface area contributed by atoms with Gasteiger partial charge in [-0.25, -0.2) is 0 Å². The Morgan fingerprint density at radius 2 is 1.24 bits per heavy atom. The third kappa shape index (κ3) is 8.30. The topological polar surface area (TPSA) is 78.6 Å². The van der Waals surface area contributed by atoms with Crippen molar-refractivity contribution in [2.75, 3.05) is 66.7 Å². The highest BCUT2D eigenvalue weighted by Gasteiger charge is 2.25. The molecule has 0 bridgehead atoms. The normalized spacial score (nSPS) is 33.8. The van der Waals surface area contributed by atoms with Crippen LogP contribution in [0.2, 0.25) is 0 Å². The maximum Gasteiger partial charge on any atom is 0.0628 e. The van der Waals surface area contributed by atoms with E-state index < -0.39 is 0 Å². The van der Waals surface area contributed by atoms with Crippen molar-refractivity contribution in [2.45, 2.75) is 49.9 Å². The van der Waals surface area contributed by atoms with Gasteiger partial charge in [0.05, 0.1) is 13.2 Å². The Kier molecular flexibility index (Phi) is 10.9. The Balaban J connectivity index is 1.90. The summed E-state index contributed by atoms with van der Waals surface area (Å²) in [5.41, 5.74) is 0. The Morgan fingerprint density at radius 3 is 1.92 bits per heavy atom. The first kappa shape index (κ1) is 21.0. The number of hydrogen-bond acceptors (Lipinski definition) is 7. The fraction of sp³-hybridized carbons (Fsp3) is 1.00. The maximum absolute atomic E-state index is 5.39. The maximum atomic E-state index is 5.39. The molecule has 2 aliphatic rings. The highest BCUT2D eigenvalue weighted by atomic mass is 16.5. The first-order valence-corrected chi connectivity index (χ1v) is 9.95. The number of rotatable bonds is 4. The van der Waals surface area contributed by atoms with E-state index in [1.807, 2.05) is 0 Å². The molecule has 0 radical (unpaired) electrons. The van der Waals surface area contributed by atoms with Gasteiger partial charge in [0, 0.05) is 77.7 Å². The highest BCUT2D eigenvalue weighted by molar-refractivity contribution is 4.88. The summed E-state index contributed by atoms with van der Waals surface area (Å²) in [7, 11) is 3.55. The molecule has 0 aromatic heterocycles. The van der Waals surface area contributed by atoms with E-state index in [0.29, 0.717) is 24.2 Å². The largest absolute Gasteiger partial charge is 0.383 e. The molecule has 148 valence electrons. The number of nitrogens with one attached hydrogen (secondary N) is 5. The van der Waals surface area contributed by atoms with Gasteiger partial charge in [-0.15, -0.1) is 0 Å². The minimum Gasteiger partial charge on any atom is -0.383 e. The molecule has 5 N–H and O–H groups in total. The van der Waals surface area contributed by atoms with Crippen molar-refractivity contribution in [3.63, 3.8) is 0 Å². The van der Waals surface area contributed by atoms with Crippen molar-refractivity contribution >= 4 is 0 Å². The molecule has 0 amide bonds. The van der Waals surface area contributed by atoms with Crippen LogP contribution in [0.25, 0.3) is 0 Å². The van der Waals surface area contributed by atoms with E-state index in [9.17, 15) is 0 Å². The number of fused-ring (bicyclic) bond motifs is 1. The Hall–Kier alpha value is -0.280. The van der Waals surface area contributed by atoms with Crippen LogP contribution in [0, 0.1) is 0 Å². The molecule has 1 heterocycles. The molecule has 0 aromatic carbocycles. The van der Waals surface area contributed by atoms with E-state index in [0.717, 1.165) is 52.5 Å². The average molecular weight is 358 g/mol. The van der Waals surface area contributed by atoms with Gasteiger partial charge in [0.1, 0.15) is 0 Å². The summed E-state index contributed by atoms with van der Waals surface area (Å²) in [6.45, 7) is 7.24. The predicted molar refractivity (Wildman–Crippen MR) is 102 cm³/mol. The summed E-state index contributed by atoms with van der Waals surface area (Å²) in [6, 6.07) is 1.84. The standard InChI is InChI=1S/C18H39N5O2/c1-24-13-15-11-19-7-8-20-16(14-25-2)12-23-18-6-4-3-5-17(18)22-10-9-21-15/h15-23H,3-14H2,1-2H3. The van der Waals surface area contributed by atoms with Crippen LogP contribution in [-0.4, -0.2) is 90.9 Å². The molecule has 1 saturated heterocycles. The van der Waals surface area contributed by atoms with Crippen molar-refractivity contribution in [1.82, 2.24) is 26.6 Å². The van der Waals surface area contributed by atoms with Gasteiger partial charge in [0.15, 0.2) is 0 Å². The lowest BCUT2D eigenvalue weighted by molar-refractivity contribution is 0.159. The van der Waals surface area contributed by atoms with Gasteiger partial charge >= 0.3 is 0 Å². The van der Waals surface area contributed by atoms with Crippen LogP contribution in [-0.2, 0) is 9.47 Å². The molecule has 4 atom stereocenters. The second-order valence-corrected chi connectivity index (χ2v) is 7.28. The molecular formula is C18H39N5O2. The molecule has 1 aliphatic carbocycles. The Morgan fingerprint density at radius 1 is 0.680 bits per heavy atom. The first-order valence-electron chi connectivity index (χ1n) is 9.95. The molecule has 1 saturated carbocycles.